The Morgan fingerprint density at radius 2 is 2.22 bits per heavy atom. The summed E-state index contributed by atoms with van der Waals surface area (Å²) >= 11 is 3.44. The van der Waals surface area contributed by atoms with E-state index in [1.54, 1.807) is 6.92 Å². The van der Waals surface area contributed by atoms with E-state index in [9.17, 15) is 4.79 Å². The summed E-state index contributed by atoms with van der Waals surface area (Å²) in [5, 5.41) is 0. The SMILES string of the molecule is C=C(CN(C)Cc1cccc(Br)c1)C(=O)OCC. The summed E-state index contributed by atoms with van der Waals surface area (Å²) in [6.07, 6.45) is 0. The molecule has 1 aromatic rings. The minimum Gasteiger partial charge on any atom is -0.463 e. The van der Waals surface area contributed by atoms with E-state index < -0.39 is 0 Å². The van der Waals surface area contributed by atoms with Crippen LogP contribution in [0.25, 0.3) is 0 Å². The van der Waals surface area contributed by atoms with Crippen LogP contribution in [-0.4, -0.2) is 31.1 Å². The van der Waals surface area contributed by atoms with Crippen molar-refractivity contribution in [2.24, 2.45) is 0 Å². The number of nitrogens with zero attached hydrogens (tertiary/aromatic N) is 1. The molecule has 0 saturated heterocycles. The van der Waals surface area contributed by atoms with E-state index >= 15 is 0 Å². The molecule has 0 spiro atoms. The fourth-order valence-electron chi connectivity index (χ4n) is 1.63. The van der Waals surface area contributed by atoms with Gasteiger partial charge in [0, 0.05) is 23.1 Å². The molecule has 0 aliphatic carbocycles. The smallest absolute Gasteiger partial charge is 0.334 e. The molecule has 0 saturated carbocycles. The fourth-order valence-corrected chi connectivity index (χ4v) is 2.07. The highest BCUT2D eigenvalue weighted by Crippen LogP contribution is 2.13. The molecular weight excluding hydrogens is 294 g/mol. The van der Waals surface area contributed by atoms with Gasteiger partial charge in [-0.15, -0.1) is 0 Å². The van der Waals surface area contributed by atoms with Gasteiger partial charge in [-0.05, 0) is 31.7 Å². The van der Waals surface area contributed by atoms with E-state index in [1.165, 1.54) is 5.56 Å². The molecule has 0 radical (unpaired) electrons. The van der Waals surface area contributed by atoms with Crippen molar-refractivity contribution in [3.63, 3.8) is 0 Å². The summed E-state index contributed by atoms with van der Waals surface area (Å²) in [6.45, 7) is 7.18. The van der Waals surface area contributed by atoms with Crippen molar-refractivity contribution in [2.45, 2.75) is 13.5 Å². The lowest BCUT2D eigenvalue weighted by Gasteiger charge is -2.17. The number of likely N-dealkylation sites (N-methyl/N-ethyl adjacent to an activating group) is 1. The Bertz CT molecular complexity index is 432. The number of halogens is 1. The van der Waals surface area contributed by atoms with Gasteiger partial charge < -0.3 is 4.74 Å². The Hall–Kier alpha value is -1.13. The molecule has 0 amide bonds. The molecule has 4 heteroatoms. The number of benzene rings is 1. The maximum Gasteiger partial charge on any atom is 0.334 e. The molecule has 3 nitrogen and oxygen atoms in total. The van der Waals surface area contributed by atoms with Gasteiger partial charge in [-0.1, -0.05) is 34.6 Å². The van der Waals surface area contributed by atoms with Crippen molar-refractivity contribution in [3.8, 4) is 0 Å². The second-order valence-corrected chi connectivity index (χ2v) is 5.04. The van der Waals surface area contributed by atoms with E-state index in [-0.39, 0.29) is 5.97 Å². The predicted molar refractivity (Wildman–Crippen MR) is 76.2 cm³/mol. The van der Waals surface area contributed by atoms with E-state index in [0.29, 0.717) is 18.7 Å². The fraction of sp³-hybridized carbons (Fsp3) is 0.357. The first-order valence-corrected chi connectivity index (χ1v) is 6.60. The first-order valence-electron chi connectivity index (χ1n) is 5.80. The maximum atomic E-state index is 11.4. The summed E-state index contributed by atoms with van der Waals surface area (Å²) in [6, 6.07) is 8.09. The van der Waals surface area contributed by atoms with Gasteiger partial charge in [-0.25, -0.2) is 4.79 Å². The molecule has 1 aromatic carbocycles. The first-order chi connectivity index (χ1) is 8.52. The standard InChI is InChI=1S/C14H18BrNO2/c1-4-18-14(17)11(2)9-16(3)10-12-6-5-7-13(15)8-12/h5-8H,2,4,9-10H2,1,3H3. The summed E-state index contributed by atoms with van der Waals surface area (Å²) in [7, 11) is 1.95. The number of rotatable bonds is 6. The summed E-state index contributed by atoms with van der Waals surface area (Å²) < 4.78 is 5.95. The number of carbonyl (C=O) groups excluding carboxylic acids is 1. The van der Waals surface area contributed by atoms with Gasteiger partial charge in [0.2, 0.25) is 0 Å². The van der Waals surface area contributed by atoms with E-state index in [4.69, 9.17) is 4.74 Å². The van der Waals surface area contributed by atoms with Crippen molar-refractivity contribution in [1.29, 1.82) is 0 Å². The van der Waals surface area contributed by atoms with Crippen LogP contribution in [0.5, 0.6) is 0 Å². The first kappa shape index (κ1) is 14.9. The third kappa shape index (κ3) is 5.02. The predicted octanol–water partition coefficient (Wildman–Crippen LogP) is 3.00. The molecule has 0 aliphatic heterocycles. The zero-order chi connectivity index (χ0) is 13.5. The van der Waals surface area contributed by atoms with Gasteiger partial charge in [0.05, 0.1) is 6.61 Å². The van der Waals surface area contributed by atoms with Crippen LogP contribution in [0.3, 0.4) is 0 Å². The summed E-state index contributed by atoms with van der Waals surface area (Å²) in [4.78, 5) is 13.5. The summed E-state index contributed by atoms with van der Waals surface area (Å²) in [5.41, 5.74) is 1.66. The molecule has 0 aromatic heterocycles. The van der Waals surface area contributed by atoms with Crippen LogP contribution >= 0.6 is 15.9 Å². The highest BCUT2D eigenvalue weighted by molar-refractivity contribution is 9.10. The lowest BCUT2D eigenvalue weighted by Crippen LogP contribution is -2.24. The molecule has 0 N–H and O–H groups in total. The monoisotopic (exact) mass is 311 g/mol. The second kappa shape index (κ2) is 7.34. The number of hydrogen-bond donors (Lipinski definition) is 0. The Kier molecular flexibility index (Phi) is 6.09. The molecule has 98 valence electrons. The van der Waals surface area contributed by atoms with Crippen molar-refractivity contribution < 1.29 is 9.53 Å². The third-order valence-electron chi connectivity index (χ3n) is 2.37. The molecule has 18 heavy (non-hydrogen) atoms. The number of carbonyl (C=O) groups is 1. The van der Waals surface area contributed by atoms with Crippen molar-refractivity contribution in [2.75, 3.05) is 20.2 Å². The minimum atomic E-state index is -0.321. The Labute approximate surface area is 117 Å². The lowest BCUT2D eigenvalue weighted by molar-refractivity contribution is -0.138. The highest BCUT2D eigenvalue weighted by atomic mass is 79.9. The quantitative estimate of drug-likeness (QED) is 0.597. The molecule has 0 fully saturated rings. The third-order valence-corrected chi connectivity index (χ3v) is 2.86. The Balaban J connectivity index is 2.49. The van der Waals surface area contributed by atoms with Gasteiger partial charge in [0.25, 0.3) is 0 Å². The van der Waals surface area contributed by atoms with Crippen molar-refractivity contribution in [1.82, 2.24) is 4.90 Å². The molecule has 0 bridgehead atoms. The van der Waals surface area contributed by atoms with Crippen molar-refractivity contribution >= 4 is 21.9 Å². The number of ether oxygens (including phenoxy) is 1. The molecule has 0 unspecified atom stereocenters. The lowest BCUT2D eigenvalue weighted by atomic mass is 10.2. The van der Waals surface area contributed by atoms with Crippen LogP contribution in [0, 0.1) is 0 Å². The van der Waals surface area contributed by atoms with Crippen LogP contribution in [-0.2, 0) is 16.1 Å². The molecule has 0 aliphatic rings. The van der Waals surface area contributed by atoms with Crippen LogP contribution < -0.4 is 0 Å². The van der Waals surface area contributed by atoms with Gasteiger partial charge in [0.1, 0.15) is 0 Å². The van der Waals surface area contributed by atoms with Crippen LogP contribution in [0.2, 0.25) is 0 Å². The minimum absolute atomic E-state index is 0.321. The maximum absolute atomic E-state index is 11.4. The highest BCUT2D eigenvalue weighted by Gasteiger charge is 2.10. The van der Waals surface area contributed by atoms with E-state index in [1.807, 2.05) is 30.1 Å². The zero-order valence-electron chi connectivity index (χ0n) is 10.8. The van der Waals surface area contributed by atoms with E-state index in [0.717, 1.165) is 11.0 Å². The van der Waals surface area contributed by atoms with Crippen LogP contribution in [0.1, 0.15) is 12.5 Å². The normalized spacial score (nSPS) is 10.4. The van der Waals surface area contributed by atoms with Crippen LogP contribution in [0.15, 0.2) is 40.9 Å². The van der Waals surface area contributed by atoms with Crippen LogP contribution in [0.4, 0.5) is 0 Å². The molecule has 1 rings (SSSR count). The van der Waals surface area contributed by atoms with Gasteiger partial charge in [-0.2, -0.15) is 0 Å². The Morgan fingerprint density at radius 1 is 1.50 bits per heavy atom. The topological polar surface area (TPSA) is 29.5 Å². The van der Waals surface area contributed by atoms with Gasteiger partial charge in [0.15, 0.2) is 0 Å². The summed E-state index contributed by atoms with van der Waals surface area (Å²) in [5.74, 6) is -0.321. The van der Waals surface area contributed by atoms with Crippen molar-refractivity contribution in [3.05, 3.63) is 46.5 Å². The average Bonchev–Trinajstić information content (AvgIpc) is 2.28. The van der Waals surface area contributed by atoms with Gasteiger partial charge >= 0.3 is 5.97 Å². The zero-order valence-corrected chi connectivity index (χ0v) is 12.4. The number of hydrogen-bond acceptors (Lipinski definition) is 3. The largest absolute Gasteiger partial charge is 0.463 e. The van der Waals surface area contributed by atoms with E-state index in [2.05, 4.69) is 28.6 Å². The number of esters is 1. The van der Waals surface area contributed by atoms with Gasteiger partial charge in [-0.3, -0.25) is 4.90 Å². The second-order valence-electron chi connectivity index (χ2n) is 4.13. The molecule has 0 heterocycles. The molecule has 0 atom stereocenters. The average molecular weight is 312 g/mol. The Morgan fingerprint density at radius 3 is 2.83 bits per heavy atom. The molecular formula is C14H18BrNO2.